The van der Waals surface area contributed by atoms with Crippen molar-refractivity contribution in [2.75, 3.05) is 32.0 Å². The Bertz CT molecular complexity index is 1470. The summed E-state index contributed by atoms with van der Waals surface area (Å²) in [5.74, 6) is 0.751. The number of hydrogen-bond donors (Lipinski definition) is 1. The van der Waals surface area contributed by atoms with Crippen LogP contribution < -0.4 is 5.32 Å². The van der Waals surface area contributed by atoms with Crippen LogP contribution >= 0.6 is 0 Å². The van der Waals surface area contributed by atoms with Crippen molar-refractivity contribution in [3.8, 4) is 11.4 Å². The molecular formula is C28H27N7. The number of anilines is 1. The van der Waals surface area contributed by atoms with Crippen molar-refractivity contribution in [3.63, 3.8) is 0 Å². The minimum atomic E-state index is -0.0998. The third-order valence-electron chi connectivity index (χ3n) is 7.93. The van der Waals surface area contributed by atoms with Crippen LogP contribution in [0.4, 0.5) is 11.4 Å². The van der Waals surface area contributed by atoms with Crippen LogP contribution in [0.25, 0.3) is 22.3 Å². The van der Waals surface area contributed by atoms with E-state index in [4.69, 9.17) is 4.98 Å². The van der Waals surface area contributed by atoms with Gasteiger partial charge < -0.3 is 10.2 Å². The first-order chi connectivity index (χ1) is 17.2. The fourth-order valence-electron chi connectivity index (χ4n) is 5.78. The highest BCUT2D eigenvalue weighted by atomic mass is 15.2. The average molecular weight is 462 g/mol. The molecule has 0 bridgehead atoms. The van der Waals surface area contributed by atoms with E-state index in [1.54, 1.807) is 0 Å². The molecule has 7 rings (SSSR count). The molecule has 3 aliphatic rings. The number of fused-ring (bicyclic) bond motifs is 4. The molecule has 1 fully saturated rings. The Balaban J connectivity index is 1.19. The number of hydrogen-bond acceptors (Lipinski definition) is 7. The molecule has 0 saturated carbocycles. The van der Waals surface area contributed by atoms with Gasteiger partial charge in [0.2, 0.25) is 0 Å². The first-order valence-corrected chi connectivity index (χ1v) is 12.4. The third-order valence-corrected chi connectivity index (χ3v) is 7.93. The standard InChI is InChI=1S/C28H27N7/c1-35-11-8-28(9-12-35)17-31-23-7-5-20(15-21(23)28)27-30-16-25-26(32-27)24(33-34-25)14-18-4-6-22-19(13-18)3-2-10-29-22/h2-7,10,13,15-16,24,31H,8-9,11-12,14,17H2,1H3. The molecule has 2 aromatic heterocycles. The summed E-state index contributed by atoms with van der Waals surface area (Å²) in [7, 11) is 2.21. The SMILES string of the molecule is CN1CCC2(CC1)CNc1ccc(-c3ncc4c(n3)C(Cc3ccc5ncccc5c3)N=N4)cc12. The molecular weight excluding hydrogens is 434 g/mol. The maximum Gasteiger partial charge on any atom is 0.159 e. The summed E-state index contributed by atoms with van der Waals surface area (Å²) in [6.45, 7) is 3.29. The topological polar surface area (TPSA) is 78.7 Å². The quantitative estimate of drug-likeness (QED) is 0.438. The Morgan fingerprint density at radius 1 is 1.06 bits per heavy atom. The Morgan fingerprint density at radius 2 is 1.97 bits per heavy atom. The van der Waals surface area contributed by atoms with Crippen LogP contribution in [0, 0.1) is 0 Å². The van der Waals surface area contributed by atoms with Gasteiger partial charge in [0.1, 0.15) is 11.7 Å². The van der Waals surface area contributed by atoms with Crippen molar-refractivity contribution < 1.29 is 0 Å². The van der Waals surface area contributed by atoms with Gasteiger partial charge in [0.05, 0.1) is 17.4 Å². The number of rotatable bonds is 3. The fraction of sp³-hybridized carbons (Fsp3) is 0.321. The van der Waals surface area contributed by atoms with Crippen LogP contribution in [0.15, 0.2) is 71.2 Å². The molecule has 35 heavy (non-hydrogen) atoms. The van der Waals surface area contributed by atoms with Crippen LogP contribution in [-0.4, -0.2) is 46.5 Å². The first-order valence-electron chi connectivity index (χ1n) is 12.4. The monoisotopic (exact) mass is 461 g/mol. The average Bonchev–Trinajstić information content (AvgIpc) is 3.46. The highest BCUT2D eigenvalue weighted by molar-refractivity contribution is 5.79. The molecule has 174 valence electrons. The molecule has 7 heteroatoms. The number of aromatic nitrogens is 3. The van der Waals surface area contributed by atoms with Gasteiger partial charge in [-0.2, -0.15) is 10.2 Å². The zero-order valence-electron chi connectivity index (χ0n) is 19.8. The number of likely N-dealkylation sites (tertiary alicyclic amines) is 1. The van der Waals surface area contributed by atoms with Crippen LogP contribution in [0.1, 0.15) is 35.7 Å². The molecule has 0 aliphatic carbocycles. The van der Waals surface area contributed by atoms with E-state index < -0.39 is 0 Å². The van der Waals surface area contributed by atoms with Crippen molar-refractivity contribution in [2.24, 2.45) is 10.2 Å². The van der Waals surface area contributed by atoms with Gasteiger partial charge in [-0.15, -0.1) is 0 Å². The number of nitrogens with one attached hydrogen (secondary N) is 1. The Labute approximate surface area is 204 Å². The van der Waals surface area contributed by atoms with E-state index in [-0.39, 0.29) is 11.5 Å². The molecule has 0 radical (unpaired) electrons. The van der Waals surface area contributed by atoms with Crippen molar-refractivity contribution >= 4 is 22.3 Å². The summed E-state index contributed by atoms with van der Waals surface area (Å²) >= 11 is 0. The Kier molecular flexibility index (Phi) is 4.67. The zero-order valence-corrected chi connectivity index (χ0v) is 19.8. The summed E-state index contributed by atoms with van der Waals surface area (Å²) in [5, 5.41) is 13.7. The molecule has 1 N–H and O–H groups in total. The van der Waals surface area contributed by atoms with Gasteiger partial charge in [0.15, 0.2) is 5.82 Å². The summed E-state index contributed by atoms with van der Waals surface area (Å²) in [6.07, 6.45) is 6.76. The Morgan fingerprint density at radius 3 is 2.89 bits per heavy atom. The van der Waals surface area contributed by atoms with Crippen molar-refractivity contribution in [1.82, 2.24) is 19.9 Å². The summed E-state index contributed by atoms with van der Waals surface area (Å²) in [6, 6.07) is 17.0. The number of piperidine rings is 1. The minimum absolute atomic E-state index is 0.0998. The van der Waals surface area contributed by atoms with E-state index in [0.717, 1.165) is 59.7 Å². The molecule has 0 amide bonds. The lowest BCUT2D eigenvalue weighted by Gasteiger charge is -2.37. The van der Waals surface area contributed by atoms with Crippen LogP contribution in [0.5, 0.6) is 0 Å². The second-order valence-electron chi connectivity index (χ2n) is 10.1. The van der Waals surface area contributed by atoms with E-state index in [9.17, 15) is 0 Å². The largest absolute Gasteiger partial charge is 0.384 e. The van der Waals surface area contributed by atoms with E-state index >= 15 is 0 Å². The normalized spacial score (nSPS) is 20.2. The molecule has 4 aromatic rings. The maximum absolute atomic E-state index is 4.99. The van der Waals surface area contributed by atoms with Gasteiger partial charge in [0, 0.05) is 41.2 Å². The van der Waals surface area contributed by atoms with E-state index in [0.29, 0.717) is 0 Å². The van der Waals surface area contributed by atoms with E-state index in [2.05, 4.69) is 79.9 Å². The predicted molar refractivity (Wildman–Crippen MR) is 137 cm³/mol. The highest BCUT2D eigenvalue weighted by Crippen LogP contribution is 2.45. The third kappa shape index (κ3) is 3.49. The maximum atomic E-state index is 4.99. The number of pyridine rings is 1. The molecule has 1 unspecified atom stereocenters. The van der Waals surface area contributed by atoms with E-state index in [1.165, 1.54) is 29.7 Å². The fourth-order valence-corrected chi connectivity index (χ4v) is 5.78. The lowest BCUT2D eigenvalue weighted by Crippen LogP contribution is -2.42. The summed E-state index contributed by atoms with van der Waals surface area (Å²) in [5.41, 5.74) is 7.85. The van der Waals surface area contributed by atoms with Gasteiger partial charge in [-0.05, 0) is 80.5 Å². The van der Waals surface area contributed by atoms with Gasteiger partial charge in [-0.25, -0.2) is 9.97 Å². The smallest absolute Gasteiger partial charge is 0.159 e. The molecule has 7 nitrogen and oxygen atoms in total. The Hall–Kier alpha value is -3.71. The van der Waals surface area contributed by atoms with Crippen LogP contribution in [-0.2, 0) is 11.8 Å². The zero-order chi connectivity index (χ0) is 23.4. The van der Waals surface area contributed by atoms with Crippen molar-refractivity contribution in [3.05, 3.63) is 77.7 Å². The van der Waals surface area contributed by atoms with Crippen LogP contribution in [0.2, 0.25) is 0 Å². The van der Waals surface area contributed by atoms with Crippen molar-refractivity contribution in [1.29, 1.82) is 0 Å². The summed E-state index contributed by atoms with van der Waals surface area (Å²) in [4.78, 5) is 16.5. The van der Waals surface area contributed by atoms with Gasteiger partial charge in [-0.3, -0.25) is 4.98 Å². The molecule has 3 aliphatic heterocycles. The molecule has 1 spiro atoms. The predicted octanol–water partition coefficient (Wildman–Crippen LogP) is 5.46. The molecule has 5 heterocycles. The highest BCUT2D eigenvalue weighted by Gasteiger charge is 2.41. The molecule has 1 atom stereocenters. The van der Waals surface area contributed by atoms with Gasteiger partial charge in [-0.1, -0.05) is 12.1 Å². The molecule has 1 saturated heterocycles. The number of nitrogens with zero attached hydrogens (tertiary/aromatic N) is 6. The lowest BCUT2D eigenvalue weighted by atomic mass is 9.74. The second-order valence-corrected chi connectivity index (χ2v) is 10.1. The molecule has 2 aromatic carbocycles. The first kappa shape index (κ1) is 20.6. The van der Waals surface area contributed by atoms with Crippen LogP contribution in [0.3, 0.4) is 0 Å². The lowest BCUT2D eigenvalue weighted by molar-refractivity contribution is 0.200. The van der Waals surface area contributed by atoms with Crippen molar-refractivity contribution in [2.45, 2.75) is 30.7 Å². The van der Waals surface area contributed by atoms with E-state index in [1.807, 2.05) is 18.5 Å². The number of azo groups is 1. The van der Waals surface area contributed by atoms with Gasteiger partial charge in [0.25, 0.3) is 0 Å². The number of benzene rings is 2. The second kappa shape index (κ2) is 7.92. The summed E-state index contributed by atoms with van der Waals surface area (Å²) < 4.78 is 0. The minimum Gasteiger partial charge on any atom is -0.384 e. The van der Waals surface area contributed by atoms with Gasteiger partial charge >= 0.3 is 0 Å².